The molecule has 2 aromatic rings. The summed E-state index contributed by atoms with van der Waals surface area (Å²) in [6.07, 6.45) is 2.21. The van der Waals surface area contributed by atoms with E-state index in [1.165, 1.54) is 28.7 Å². The van der Waals surface area contributed by atoms with Crippen LogP contribution in [0.15, 0.2) is 36.4 Å². The van der Waals surface area contributed by atoms with Crippen molar-refractivity contribution in [3.63, 3.8) is 0 Å². The Morgan fingerprint density at radius 2 is 2.06 bits per heavy atom. The van der Waals surface area contributed by atoms with Crippen LogP contribution in [-0.2, 0) is 6.42 Å². The summed E-state index contributed by atoms with van der Waals surface area (Å²) in [5.41, 5.74) is 2.27. The molecule has 3 rings (SSSR count). The van der Waals surface area contributed by atoms with Crippen molar-refractivity contribution in [3.05, 3.63) is 62.7 Å². The van der Waals surface area contributed by atoms with E-state index in [2.05, 4.69) is 11.9 Å². The van der Waals surface area contributed by atoms with Crippen LogP contribution in [0.5, 0.6) is 11.5 Å². The van der Waals surface area contributed by atoms with Crippen LogP contribution in [0.2, 0.25) is 5.02 Å². The van der Waals surface area contributed by atoms with Crippen LogP contribution in [0.25, 0.3) is 0 Å². The number of rotatable bonds is 6. The lowest BCUT2D eigenvalue weighted by molar-refractivity contribution is -0.384. The number of halogens is 1. The van der Waals surface area contributed by atoms with Gasteiger partial charge >= 0.3 is 6.09 Å². The fourth-order valence-electron chi connectivity index (χ4n) is 3.67. The van der Waals surface area contributed by atoms with Gasteiger partial charge in [-0.2, -0.15) is 0 Å². The van der Waals surface area contributed by atoms with Gasteiger partial charge < -0.3 is 14.4 Å². The van der Waals surface area contributed by atoms with Crippen molar-refractivity contribution in [1.29, 1.82) is 0 Å². The number of aryl methyl sites for hydroxylation is 1. The number of amides is 1. The Balaban J connectivity index is 1.71. The van der Waals surface area contributed by atoms with Gasteiger partial charge in [0.15, 0.2) is 0 Å². The highest BCUT2D eigenvalue weighted by molar-refractivity contribution is 6.32. The quantitative estimate of drug-likeness (QED) is 0.471. The van der Waals surface area contributed by atoms with Crippen molar-refractivity contribution in [2.45, 2.75) is 25.3 Å². The van der Waals surface area contributed by atoms with E-state index in [1.54, 1.807) is 14.1 Å². The Kier molecular flexibility index (Phi) is 7.35. The number of ether oxygens (including phenoxy) is 2. The first kappa shape index (κ1) is 22.8. The minimum atomic E-state index is -0.489. The van der Waals surface area contributed by atoms with Crippen molar-refractivity contribution < 1.29 is 19.2 Å². The monoisotopic (exact) mass is 447 g/mol. The lowest BCUT2D eigenvalue weighted by Crippen LogP contribution is -2.26. The molecule has 9 heteroatoms. The van der Waals surface area contributed by atoms with E-state index >= 15 is 0 Å². The number of nitro groups is 1. The molecule has 0 bridgehead atoms. The van der Waals surface area contributed by atoms with Gasteiger partial charge in [0.2, 0.25) is 0 Å². The molecule has 1 amide bonds. The second kappa shape index (κ2) is 9.98. The van der Waals surface area contributed by atoms with Crippen molar-refractivity contribution in [2.75, 3.05) is 34.3 Å². The van der Waals surface area contributed by atoms with Crippen molar-refractivity contribution >= 4 is 23.4 Å². The topological polar surface area (TPSA) is 85.2 Å². The lowest BCUT2D eigenvalue weighted by Gasteiger charge is -2.27. The third kappa shape index (κ3) is 5.65. The summed E-state index contributed by atoms with van der Waals surface area (Å²) in [6, 6.07) is 10.1. The second-order valence-corrected chi connectivity index (χ2v) is 8.14. The van der Waals surface area contributed by atoms with E-state index in [1.807, 2.05) is 18.2 Å². The fraction of sp³-hybridized carbons (Fsp3) is 0.409. The molecule has 8 nitrogen and oxygen atoms in total. The highest BCUT2D eigenvalue weighted by Crippen LogP contribution is 2.34. The standard InChI is InChI=1S/C22H26ClN3O5/c1-24(2)22(27)31-17-7-8-18-15(13-17)5-4-11-25(3)20(18)10-12-30-21-9-6-16(26(28)29)14-19(21)23/h6-9,13-14,20H,4-5,10-12H2,1-3H3. The summed E-state index contributed by atoms with van der Waals surface area (Å²) >= 11 is 6.13. The Morgan fingerprint density at radius 1 is 1.29 bits per heavy atom. The highest BCUT2D eigenvalue weighted by Gasteiger charge is 2.24. The highest BCUT2D eigenvalue weighted by atomic mass is 35.5. The number of fused-ring (bicyclic) bond motifs is 1. The Bertz CT molecular complexity index is 966. The zero-order chi connectivity index (χ0) is 22.5. The van der Waals surface area contributed by atoms with E-state index in [4.69, 9.17) is 21.1 Å². The molecule has 1 unspecified atom stereocenters. The van der Waals surface area contributed by atoms with Gasteiger partial charge in [-0.3, -0.25) is 15.0 Å². The summed E-state index contributed by atoms with van der Waals surface area (Å²) in [4.78, 5) is 25.9. The van der Waals surface area contributed by atoms with Crippen LogP contribution in [-0.4, -0.2) is 55.1 Å². The van der Waals surface area contributed by atoms with Crippen LogP contribution < -0.4 is 9.47 Å². The molecule has 0 saturated heterocycles. The molecule has 0 aliphatic carbocycles. The Hall–Kier alpha value is -2.84. The molecule has 0 aromatic heterocycles. The number of nitrogens with zero attached hydrogens (tertiary/aromatic N) is 3. The largest absolute Gasteiger partial charge is 0.492 e. The minimum Gasteiger partial charge on any atom is -0.492 e. The summed E-state index contributed by atoms with van der Waals surface area (Å²) in [5.74, 6) is 0.962. The van der Waals surface area contributed by atoms with E-state index < -0.39 is 11.0 Å². The molecule has 1 aliphatic heterocycles. The first-order valence-corrected chi connectivity index (χ1v) is 10.4. The zero-order valence-corrected chi connectivity index (χ0v) is 18.6. The van der Waals surface area contributed by atoms with Gasteiger partial charge in [0, 0.05) is 38.7 Å². The molecule has 1 atom stereocenters. The number of carbonyl (C=O) groups excluding carboxylic acids is 1. The van der Waals surface area contributed by atoms with Crippen molar-refractivity contribution in [3.8, 4) is 11.5 Å². The average Bonchev–Trinajstić information content (AvgIpc) is 2.87. The Morgan fingerprint density at radius 3 is 2.74 bits per heavy atom. The number of nitro benzene ring substituents is 1. The van der Waals surface area contributed by atoms with Gasteiger partial charge in [0.1, 0.15) is 11.5 Å². The average molecular weight is 448 g/mol. The van der Waals surface area contributed by atoms with E-state index in [9.17, 15) is 14.9 Å². The van der Waals surface area contributed by atoms with Gasteiger partial charge in [-0.05, 0) is 55.8 Å². The van der Waals surface area contributed by atoms with Crippen LogP contribution >= 0.6 is 11.6 Å². The number of hydrogen-bond acceptors (Lipinski definition) is 6. The molecule has 1 aliphatic rings. The molecular weight excluding hydrogens is 422 g/mol. The summed E-state index contributed by atoms with van der Waals surface area (Å²) in [6.45, 7) is 1.34. The molecule has 0 radical (unpaired) electrons. The lowest BCUT2D eigenvalue weighted by atomic mass is 9.96. The maximum Gasteiger partial charge on any atom is 0.414 e. The minimum absolute atomic E-state index is 0.0689. The van der Waals surface area contributed by atoms with E-state index in [0.717, 1.165) is 24.9 Å². The fourth-order valence-corrected chi connectivity index (χ4v) is 3.90. The molecule has 2 aromatic carbocycles. The normalized spacial score (nSPS) is 16.2. The van der Waals surface area contributed by atoms with Gasteiger partial charge in [-0.25, -0.2) is 4.79 Å². The molecule has 0 N–H and O–H groups in total. The zero-order valence-electron chi connectivity index (χ0n) is 17.8. The van der Waals surface area contributed by atoms with Crippen LogP contribution in [0, 0.1) is 10.1 Å². The smallest absolute Gasteiger partial charge is 0.414 e. The SMILES string of the molecule is CN(C)C(=O)Oc1ccc2c(c1)CCCN(C)C2CCOc1ccc([N+](=O)[O-])cc1Cl. The van der Waals surface area contributed by atoms with Gasteiger partial charge in [0.05, 0.1) is 16.6 Å². The summed E-state index contributed by atoms with van der Waals surface area (Å²) in [5, 5.41) is 11.1. The maximum atomic E-state index is 11.9. The van der Waals surface area contributed by atoms with Crippen LogP contribution in [0.3, 0.4) is 0 Å². The first-order valence-electron chi connectivity index (χ1n) is 10.0. The number of carbonyl (C=O) groups is 1. The molecule has 166 valence electrons. The van der Waals surface area contributed by atoms with E-state index in [-0.39, 0.29) is 16.8 Å². The third-order valence-corrected chi connectivity index (χ3v) is 5.60. The molecule has 0 fully saturated rings. The number of non-ortho nitro benzene ring substituents is 1. The molecule has 1 heterocycles. The Labute approximate surface area is 186 Å². The molecule has 0 spiro atoms. The van der Waals surface area contributed by atoms with Crippen LogP contribution in [0.4, 0.5) is 10.5 Å². The van der Waals surface area contributed by atoms with Crippen molar-refractivity contribution in [2.24, 2.45) is 0 Å². The molecular formula is C22H26ClN3O5. The summed E-state index contributed by atoms with van der Waals surface area (Å²) < 4.78 is 11.2. The maximum absolute atomic E-state index is 11.9. The third-order valence-electron chi connectivity index (χ3n) is 5.31. The predicted molar refractivity (Wildman–Crippen MR) is 118 cm³/mol. The van der Waals surface area contributed by atoms with Gasteiger partial charge in [0.25, 0.3) is 5.69 Å². The van der Waals surface area contributed by atoms with Gasteiger partial charge in [-0.15, -0.1) is 0 Å². The number of benzene rings is 2. The van der Waals surface area contributed by atoms with Crippen LogP contribution in [0.1, 0.15) is 30.0 Å². The van der Waals surface area contributed by atoms with E-state index in [0.29, 0.717) is 24.5 Å². The van der Waals surface area contributed by atoms with Crippen molar-refractivity contribution in [1.82, 2.24) is 9.80 Å². The molecule has 0 saturated carbocycles. The predicted octanol–water partition coefficient (Wildman–Crippen LogP) is 4.70. The second-order valence-electron chi connectivity index (χ2n) is 7.73. The number of hydrogen-bond donors (Lipinski definition) is 0. The van der Waals surface area contributed by atoms with Gasteiger partial charge in [-0.1, -0.05) is 17.7 Å². The molecule has 31 heavy (non-hydrogen) atoms. The first-order chi connectivity index (χ1) is 14.8. The summed E-state index contributed by atoms with van der Waals surface area (Å²) in [7, 11) is 5.38.